The Morgan fingerprint density at radius 2 is 1.52 bits per heavy atom. The maximum Gasteiger partial charge on any atom is 0.435 e. The number of hydrogen-bond donors (Lipinski definition) is 1. The van der Waals surface area contributed by atoms with E-state index in [-0.39, 0.29) is 36.1 Å². The summed E-state index contributed by atoms with van der Waals surface area (Å²) in [7, 11) is 0. The highest BCUT2D eigenvalue weighted by Gasteiger charge is 2.73. The molecule has 2 saturated carbocycles. The summed E-state index contributed by atoms with van der Waals surface area (Å²) in [6.07, 6.45) is -6.23. The molecule has 0 spiro atoms. The fourth-order valence-corrected chi connectivity index (χ4v) is 6.10. The van der Waals surface area contributed by atoms with Gasteiger partial charge in [0, 0.05) is 17.5 Å². The number of alkyl halides is 7. The number of carbonyl (C=O) groups excluding carboxylic acids is 1. The molecule has 3 aliphatic rings. The Kier molecular flexibility index (Phi) is 6.23. The molecule has 2 nitrogen and oxygen atoms in total. The summed E-state index contributed by atoms with van der Waals surface area (Å²) in [6, 6.07) is 2.70. The van der Waals surface area contributed by atoms with Crippen LogP contribution in [0.25, 0.3) is 0 Å². The van der Waals surface area contributed by atoms with Crippen molar-refractivity contribution in [2.75, 3.05) is 0 Å². The Morgan fingerprint density at radius 1 is 0.879 bits per heavy atom. The van der Waals surface area contributed by atoms with Crippen molar-refractivity contribution in [1.82, 2.24) is 5.32 Å². The maximum absolute atomic E-state index is 14.5. The quantitative estimate of drug-likeness (QED) is 0.479. The number of fused-ring (bicyclic) bond motifs is 3. The molecule has 0 bridgehead atoms. The van der Waals surface area contributed by atoms with Crippen LogP contribution in [-0.2, 0) is 16.9 Å². The first-order valence-corrected chi connectivity index (χ1v) is 11.6. The topological polar surface area (TPSA) is 29.1 Å². The van der Waals surface area contributed by atoms with E-state index in [1.54, 1.807) is 0 Å². The van der Waals surface area contributed by atoms with Gasteiger partial charge in [0.15, 0.2) is 0 Å². The molecule has 1 aromatic rings. The number of amides is 1. The van der Waals surface area contributed by atoms with Crippen LogP contribution in [0.5, 0.6) is 0 Å². The van der Waals surface area contributed by atoms with Gasteiger partial charge in [0.1, 0.15) is 0 Å². The first-order valence-electron chi connectivity index (χ1n) is 11.6. The van der Waals surface area contributed by atoms with Crippen molar-refractivity contribution in [2.24, 2.45) is 17.8 Å². The van der Waals surface area contributed by atoms with Crippen LogP contribution in [0.2, 0.25) is 0 Å². The van der Waals surface area contributed by atoms with Crippen molar-refractivity contribution in [3.8, 4) is 0 Å². The van der Waals surface area contributed by atoms with Crippen LogP contribution in [0.1, 0.15) is 74.5 Å². The van der Waals surface area contributed by atoms with E-state index in [9.17, 15) is 35.5 Å². The minimum absolute atomic E-state index is 0.000888. The standard InChI is InChI=1S/C24H28F7NO/c1-13-2-6-16(7-3-13)32-21(33)20-11-10-18-17-9-5-15(12-14(17)4-8-19(18)20)22(25,23(26,27)28)24(29,30)31/h5,9,12-13,16,18-20H,2-4,6-8,10-11H2,1H3,(H,32,33)/t13?,16?,18?,19?,20-/m1/s1. The largest absolute Gasteiger partial charge is 0.435 e. The average Bonchev–Trinajstić information content (AvgIpc) is 3.17. The second-order valence-electron chi connectivity index (χ2n) is 10.0. The zero-order valence-electron chi connectivity index (χ0n) is 18.3. The molecule has 184 valence electrons. The Hall–Kier alpha value is -1.80. The molecule has 3 aliphatic carbocycles. The van der Waals surface area contributed by atoms with Gasteiger partial charge in [-0.2, -0.15) is 26.3 Å². The van der Waals surface area contributed by atoms with E-state index in [4.69, 9.17) is 0 Å². The third-order valence-electron chi connectivity index (χ3n) is 7.99. The summed E-state index contributed by atoms with van der Waals surface area (Å²) >= 11 is 0. The van der Waals surface area contributed by atoms with E-state index in [0.29, 0.717) is 42.4 Å². The van der Waals surface area contributed by atoms with Crippen molar-refractivity contribution in [2.45, 2.75) is 88.3 Å². The molecular formula is C24H28F7NO. The van der Waals surface area contributed by atoms with Gasteiger partial charge in [-0.05, 0) is 80.2 Å². The van der Waals surface area contributed by atoms with Crippen molar-refractivity contribution in [3.05, 3.63) is 34.9 Å². The molecule has 1 N–H and O–H groups in total. The molecule has 0 radical (unpaired) electrons. The fraction of sp³-hybridized carbons (Fsp3) is 0.708. The van der Waals surface area contributed by atoms with Gasteiger partial charge >= 0.3 is 18.0 Å². The highest BCUT2D eigenvalue weighted by molar-refractivity contribution is 5.80. The van der Waals surface area contributed by atoms with E-state index >= 15 is 0 Å². The predicted molar refractivity (Wildman–Crippen MR) is 108 cm³/mol. The number of carbonyl (C=O) groups is 1. The molecule has 0 aliphatic heterocycles. The summed E-state index contributed by atoms with van der Waals surface area (Å²) < 4.78 is 93.4. The Morgan fingerprint density at radius 3 is 2.12 bits per heavy atom. The molecule has 0 heterocycles. The zero-order valence-corrected chi connectivity index (χ0v) is 18.3. The summed E-state index contributed by atoms with van der Waals surface area (Å²) in [5, 5.41) is 3.16. The summed E-state index contributed by atoms with van der Waals surface area (Å²) in [6.45, 7) is 2.20. The molecular weight excluding hydrogens is 451 g/mol. The van der Waals surface area contributed by atoms with Gasteiger partial charge in [-0.1, -0.05) is 25.1 Å². The van der Waals surface area contributed by atoms with Crippen LogP contribution in [0.3, 0.4) is 0 Å². The molecule has 2 fully saturated rings. The molecule has 1 aromatic carbocycles. The van der Waals surface area contributed by atoms with E-state index in [0.717, 1.165) is 31.7 Å². The zero-order chi connectivity index (χ0) is 24.2. The van der Waals surface area contributed by atoms with Gasteiger partial charge in [-0.3, -0.25) is 4.79 Å². The summed E-state index contributed by atoms with van der Waals surface area (Å²) in [5.74, 6) is 0.320. The normalized spacial score (nSPS) is 30.5. The lowest BCUT2D eigenvalue weighted by Crippen LogP contribution is -2.50. The van der Waals surface area contributed by atoms with Crippen LogP contribution in [0.4, 0.5) is 30.7 Å². The van der Waals surface area contributed by atoms with Gasteiger partial charge in [0.25, 0.3) is 0 Å². The molecule has 3 atom stereocenters. The van der Waals surface area contributed by atoms with E-state index in [1.165, 1.54) is 6.07 Å². The fourth-order valence-electron chi connectivity index (χ4n) is 6.10. The van der Waals surface area contributed by atoms with Crippen molar-refractivity contribution < 1.29 is 35.5 Å². The molecule has 1 amide bonds. The second-order valence-corrected chi connectivity index (χ2v) is 10.0. The first-order chi connectivity index (χ1) is 15.3. The van der Waals surface area contributed by atoms with E-state index in [1.807, 2.05) is 0 Å². The number of aryl methyl sites for hydroxylation is 1. The highest BCUT2D eigenvalue weighted by atomic mass is 19.4. The lowest BCUT2D eigenvalue weighted by Gasteiger charge is -2.35. The number of rotatable bonds is 3. The van der Waals surface area contributed by atoms with Crippen molar-refractivity contribution in [1.29, 1.82) is 0 Å². The van der Waals surface area contributed by atoms with Crippen LogP contribution in [0, 0.1) is 17.8 Å². The Labute approximate surface area is 188 Å². The van der Waals surface area contributed by atoms with Gasteiger partial charge in [-0.25, -0.2) is 4.39 Å². The van der Waals surface area contributed by atoms with Crippen LogP contribution < -0.4 is 5.32 Å². The average molecular weight is 479 g/mol. The summed E-state index contributed by atoms with van der Waals surface area (Å²) in [4.78, 5) is 13.0. The van der Waals surface area contributed by atoms with Crippen molar-refractivity contribution >= 4 is 5.91 Å². The smallest absolute Gasteiger partial charge is 0.353 e. The maximum atomic E-state index is 14.5. The lowest BCUT2D eigenvalue weighted by atomic mass is 9.73. The van der Waals surface area contributed by atoms with Gasteiger partial charge in [0.2, 0.25) is 5.91 Å². The third-order valence-corrected chi connectivity index (χ3v) is 7.99. The van der Waals surface area contributed by atoms with Gasteiger partial charge in [0.05, 0.1) is 0 Å². The van der Waals surface area contributed by atoms with Crippen molar-refractivity contribution in [3.63, 3.8) is 0 Å². The monoisotopic (exact) mass is 479 g/mol. The molecule has 33 heavy (non-hydrogen) atoms. The van der Waals surface area contributed by atoms with Gasteiger partial charge < -0.3 is 5.32 Å². The molecule has 2 unspecified atom stereocenters. The molecule has 0 saturated heterocycles. The number of benzene rings is 1. The molecule has 9 heteroatoms. The minimum Gasteiger partial charge on any atom is -0.353 e. The number of nitrogens with one attached hydrogen (secondary N) is 1. The highest BCUT2D eigenvalue weighted by Crippen LogP contribution is 2.55. The van der Waals surface area contributed by atoms with Crippen LogP contribution in [-0.4, -0.2) is 24.3 Å². The van der Waals surface area contributed by atoms with Gasteiger partial charge in [-0.15, -0.1) is 0 Å². The lowest BCUT2D eigenvalue weighted by molar-refractivity contribution is -0.348. The second kappa shape index (κ2) is 8.45. The minimum atomic E-state index is -6.12. The molecule has 0 aromatic heterocycles. The Balaban J connectivity index is 1.53. The first kappa shape index (κ1) is 24.3. The SMILES string of the molecule is CC1CCC(NC(=O)[C@@H]2CCC3c4ccc(C(F)(C(F)(F)F)C(F)(F)F)cc4CCC32)CC1. The number of halogens is 7. The Bertz CT molecular complexity index is 872. The van der Waals surface area contributed by atoms with Crippen LogP contribution in [0.15, 0.2) is 18.2 Å². The summed E-state index contributed by atoms with van der Waals surface area (Å²) in [5.41, 5.74) is -5.89. The van der Waals surface area contributed by atoms with E-state index < -0.39 is 23.6 Å². The third kappa shape index (κ3) is 4.25. The van der Waals surface area contributed by atoms with Crippen LogP contribution >= 0.6 is 0 Å². The molecule has 4 rings (SSSR count). The predicted octanol–water partition coefficient (Wildman–Crippen LogP) is 6.73. The van der Waals surface area contributed by atoms with E-state index in [2.05, 4.69) is 12.2 Å². The number of hydrogen-bond acceptors (Lipinski definition) is 1.